The Balaban J connectivity index is 1.86. The SMILES string of the molecule is Nc1nccc(-c2c(-c3ccc(F)cc3)ncn2C2CCOCC2)n1. The molecule has 2 N–H and O–H groups in total. The number of nitrogens with zero attached hydrogens (tertiary/aromatic N) is 4. The third-order valence-electron chi connectivity index (χ3n) is 4.41. The molecule has 1 saturated heterocycles. The van der Waals surface area contributed by atoms with E-state index in [1.54, 1.807) is 18.3 Å². The fourth-order valence-electron chi connectivity index (χ4n) is 3.18. The Labute approximate surface area is 144 Å². The van der Waals surface area contributed by atoms with Crippen LogP contribution in [-0.4, -0.2) is 32.7 Å². The minimum Gasteiger partial charge on any atom is -0.381 e. The zero-order valence-electron chi connectivity index (χ0n) is 13.6. The van der Waals surface area contributed by atoms with Gasteiger partial charge in [0.05, 0.1) is 23.4 Å². The topological polar surface area (TPSA) is 78.8 Å². The third kappa shape index (κ3) is 3.10. The molecule has 0 radical (unpaired) electrons. The molecule has 0 bridgehead atoms. The van der Waals surface area contributed by atoms with E-state index in [9.17, 15) is 4.39 Å². The molecule has 2 aromatic heterocycles. The molecule has 0 unspecified atom stereocenters. The molecule has 1 aliphatic heterocycles. The second-order valence-corrected chi connectivity index (χ2v) is 6.00. The van der Waals surface area contributed by atoms with E-state index < -0.39 is 0 Å². The lowest BCUT2D eigenvalue weighted by Crippen LogP contribution is -2.20. The zero-order chi connectivity index (χ0) is 17.2. The molecule has 7 heteroatoms. The maximum atomic E-state index is 13.3. The first-order valence-electron chi connectivity index (χ1n) is 8.22. The largest absolute Gasteiger partial charge is 0.381 e. The van der Waals surface area contributed by atoms with Gasteiger partial charge in [0, 0.05) is 31.0 Å². The maximum absolute atomic E-state index is 13.3. The molecular weight excluding hydrogens is 321 g/mol. The normalized spacial score (nSPS) is 15.4. The Bertz CT molecular complexity index is 871. The second-order valence-electron chi connectivity index (χ2n) is 6.00. The van der Waals surface area contributed by atoms with Crippen LogP contribution in [0.15, 0.2) is 42.9 Å². The Hall–Kier alpha value is -2.80. The van der Waals surface area contributed by atoms with Crippen molar-refractivity contribution in [2.24, 2.45) is 0 Å². The van der Waals surface area contributed by atoms with Gasteiger partial charge < -0.3 is 15.0 Å². The average Bonchev–Trinajstić information content (AvgIpc) is 3.08. The Morgan fingerprint density at radius 3 is 2.56 bits per heavy atom. The summed E-state index contributed by atoms with van der Waals surface area (Å²) < 4.78 is 20.9. The highest BCUT2D eigenvalue weighted by Gasteiger charge is 2.23. The molecule has 0 saturated carbocycles. The van der Waals surface area contributed by atoms with E-state index >= 15 is 0 Å². The number of imidazole rings is 1. The van der Waals surface area contributed by atoms with Gasteiger partial charge in [-0.2, -0.15) is 0 Å². The summed E-state index contributed by atoms with van der Waals surface area (Å²) in [6, 6.07) is 8.40. The van der Waals surface area contributed by atoms with Crippen molar-refractivity contribution in [2.75, 3.05) is 18.9 Å². The number of rotatable bonds is 3. The Kier molecular flexibility index (Phi) is 4.15. The molecule has 1 aliphatic rings. The van der Waals surface area contributed by atoms with Gasteiger partial charge in [-0.1, -0.05) is 0 Å². The minimum absolute atomic E-state index is 0.210. The Morgan fingerprint density at radius 2 is 1.84 bits per heavy atom. The summed E-state index contributed by atoms with van der Waals surface area (Å²) in [5, 5.41) is 0. The summed E-state index contributed by atoms with van der Waals surface area (Å²) in [5.41, 5.74) is 8.94. The summed E-state index contributed by atoms with van der Waals surface area (Å²) in [4.78, 5) is 12.9. The first kappa shape index (κ1) is 15.7. The first-order chi connectivity index (χ1) is 12.2. The van der Waals surface area contributed by atoms with Crippen LogP contribution in [-0.2, 0) is 4.74 Å². The van der Waals surface area contributed by atoms with Gasteiger partial charge in [-0.25, -0.2) is 19.3 Å². The number of nitrogen functional groups attached to an aromatic ring is 1. The number of hydrogen-bond acceptors (Lipinski definition) is 5. The fourth-order valence-corrected chi connectivity index (χ4v) is 3.18. The number of hydrogen-bond donors (Lipinski definition) is 1. The molecule has 0 amide bonds. The maximum Gasteiger partial charge on any atom is 0.220 e. The highest BCUT2D eigenvalue weighted by molar-refractivity contribution is 5.77. The summed E-state index contributed by atoms with van der Waals surface area (Å²) in [6.07, 6.45) is 5.27. The number of aromatic nitrogens is 4. The van der Waals surface area contributed by atoms with Crippen LogP contribution >= 0.6 is 0 Å². The van der Waals surface area contributed by atoms with Crippen LogP contribution in [0.5, 0.6) is 0 Å². The highest BCUT2D eigenvalue weighted by atomic mass is 19.1. The minimum atomic E-state index is -0.277. The smallest absolute Gasteiger partial charge is 0.220 e. The average molecular weight is 339 g/mol. The molecule has 0 atom stereocenters. The van der Waals surface area contributed by atoms with Gasteiger partial charge in [-0.3, -0.25) is 0 Å². The van der Waals surface area contributed by atoms with Gasteiger partial charge in [-0.15, -0.1) is 0 Å². The summed E-state index contributed by atoms with van der Waals surface area (Å²) >= 11 is 0. The molecule has 1 fully saturated rings. The van der Waals surface area contributed by atoms with E-state index in [2.05, 4.69) is 19.5 Å². The van der Waals surface area contributed by atoms with Crippen molar-refractivity contribution < 1.29 is 9.13 Å². The predicted octanol–water partition coefficient (Wildman–Crippen LogP) is 3.08. The summed E-state index contributed by atoms with van der Waals surface area (Å²) in [7, 11) is 0. The number of nitrogens with two attached hydrogens (primary N) is 1. The molecule has 6 nitrogen and oxygen atoms in total. The molecule has 3 aromatic rings. The monoisotopic (exact) mass is 339 g/mol. The van der Waals surface area contributed by atoms with Gasteiger partial charge in [-0.05, 0) is 43.2 Å². The lowest BCUT2D eigenvalue weighted by atomic mass is 10.1. The van der Waals surface area contributed by atoms with Gasteiger partial charge in [0.1, 0.15) is 5.82 Å². The van der Waals surface area contributed by atoms with Gasteiger partial charge in [0.2, 0.25) is 5.95 Å². The number of benzene rings is 1. The van der Waals surface area contributed by atoms with Crippen LogP contribution in [0.25, 0.3) is 22.6 Å². The molecule has 1 aromatic carbocycles. The quantitative estimate of drug-likeness (QED) is 0.793. The van der Waals surface area contributed by atoms with Gasteiger partial charge >= 0.3 is 0 Å². The van der Waals surface area contributed by atoms with Crippen LogP contribution in [0.2, 0.25) is 0 Å². The molecule has 3 heterocycles. The molecule has 4 rings (SSSR count). The first-order valence-corrected chi connectivity index (χ1v) is 8.22. The lowest BCUT2D eigenvalue weighted by molar-refractivity contribution is 0.0699. The van der Waals surface area contributed by atoms with Crippen LogP contribution in [0.1, 0.15) is 18.9 Å². The van der Waals surface area contributed by atoms with E-state index in [1.807, 2.05) is 12.4 Å². The standard InChI is InChI=1S/C18H18FN5O/c19-13-3-1-12(2-4-13)16-17(15-5-8-21-18(20)23-15)24(11-22-16)14-6-9-25-10-7-14/h1-5,8,11,14H,6-7,9-10H2,(H2,20,21,23). The van der Waals surface area contributed by atoms with Crippen LogP contribution < -0.4 is 5.73 Å². The molecular formula is C18H18FN5O. The van der Waals surface area contributed by atoms with Crippen molar-refractivity contribution in [3.8, 4) is 22.6 Å². The van der Waals surface area contributed by atoms with Crippen LogP contribution in [0.3, 0.4) is 0 Å². The van der Waals surface area contributed by atoms with E-state index in [4.69, 9.17) is 10.5 Å². The molecule has 0 aliphatic carbocycles. The van der Waals surface area contributed by atoms with Crippen molar-refractivity contribution >= 4 is 5.95 Å². The summed E-state index contributed by atoms with van der Waals surface area (Å²) in [5.74, 6) is -0.0669. The molecule has 0 spiro atoms. The van der Waals surface area contributed by atoms with Crippen molar-refractivity contribution in [1.29, 1.82) is 0 Å². The van der Waals surface area contributed by atoms with Crippen molar-refractivity contribution in [3.05, 3.63) is 48.7 Å². The van der Waals surface area contributed by atoms with E-state index in [1.165, 1.54) is 12.1 Å². The predicted molar refractivity (Wildman–Crippen MR) is 92.1 cm³/mol. The van der Waals surface area contributed by atoms with Crippen LogP contribution in [0, 0.1) is 5.82 Å². The Morgan fingerprint density at radius 1 is 1.08 bits per heavy atom. The lowest BCUT2D eigenvalue weighted by Gasteiger charge is -2.25. The van der Waals surface area contributed by atoms with Gasteiger partial charge in [0.25, 0.3) is 0 Å². The second kappa shape index (κ2) is 6.60. The third-order valence-corrected chi connectivity index (χ3v) is 4.41. The van der Waals surface area contributed by atoms with E-state index in [0.717, 1.165) is 43.0 Å². The van der Waals surface area contributed by atoms with Crippen molar-refractivity contribution in [2.45, 2.75) is 18.9 Å². The molecule has 128 valence electrons. The van der Waals surface area contributed by atoms with Gasteiger partial charge in [0.15, 0.2) is 0 Å². The zero-order valence-corrected chi connectivity index (χ0v) is 13.6. The van der Waals surface area contributed by atoms with Crippen LogP contribution in [0.4, 0.5) is 10.3 Å². The number of ether oxygens (including phenoxy) is 1. The number of anilines is 1. The van der Waals surface area contributed by atoms with Crippen molar-refractivity contribution in [1.82, 2.24) is 19.5 Å². The fraction of sp³-hybridized carbons (Fsp3) is 0.278. The molecule has 25 heavy (non-hydrogen) atoms. The van der Waals surface area contributed by atoms with E-state index in [0.29, 0.717) is 5.69 Å². The van der Waals surface area contributed by atoms with E-state index in [-0.39, 0.29) is 17.8 Å². The summed E-state index contributed by atoms with van der Waals surface area (Å²) in [6.45, 7) is 1.44. The number of halogens is 1. The highest BCUT2D eigenvalue weighted by Crippen LogP contribution is 2.35. The van der Waals surface area contributed by atoms with Crippen molar-refractivity contribution in [3.63, 3.8) is 0 Å².